The average Bonchev–Trinajstić information content (AvgIpc) is 2.56. The highest BCUT2D eigenvalue weighted by molar-refractivity contribution is 9.10. The molecule has 0 saturated carbocycles. The summed E-state index contributed by atoms with van der Waals surface area (Å²) in [6.45, 7) is -2.30. The zero-order valence-electron chi connectivity index (χ0n) is 11.6. The van der Waals surface area contributed by atoms with Gasteiger partial charge in [-0.3, -0.25) is 5.32 Å². The molecule has 2 aromatic carbocycles. The van der Waals surface area contributed by atoms with Crippen molar-refractivity contribution in [2.75, 3.05) is 18.7 Å². The first-order valence-corrected chi connectivity index (χ1v) is 7.32. The summed E-state index contributed by atoms with van der Waals surface area (Å²) in [6, 6.07) is 14.7. The smallest absolute Gasteiger partial charge is 0.412 e. The van der Waals surface area contributed by atoms with Gasteiger partial charge in [0.25, 0.3) is 0 Å². The zero-order valence-corrected chi connectivity index (χ0v) is 13.1. The molecular weight excluding hydrogens is 356 g/mol. The normalized spacial score (nSPS) is 11.0. The number of alkyl halides is 2. The molecule has 2 rings (SSSR count). The fourth-order valence-electron chi connectivity index (χ4n) is 1.90. The van der Waals surface area contributed by atoms with Gasteiger partial charge in [-0.15, -0.1) is 0 Å². The lowest BCUT2D eigenvalue weighted by Crippen LogP contribution is -2.38. The van der Waals surface area contributed by atoms with Crippen LogP contribution in [-0.2, 0) is 10.3 Å². The van der Waals surface area contributed by atoms with Gasteiger partial charge in [-0.25, -0.2) is 13.6 Å². The molecule has 3 nitrogen and oxygen atoms in total. The van der Waals surface area contributed by atoms with E-state index >= 15 is 0 Å². The topological polar surface area (TPSA) is 38.3 Å². The van der Waals surface area contributed by atoms with Crippen molar-refractivity contribution in [2.45, 2.75) is 5.60 Å². The van der Waals surface area contributed by atoms with Crippen LogP contribution in [0.15, 0.2) is 59.1 Å². The van der Waals surface area contributed by atoms with Crippen molar-refractivity contribution in [1.29, 1.82) is 0 Å². The van der Waals surface area contributed by atoms with E-state index in [-0.39, 0.29) is 5.56 Å². The molecule has 0 aliphatic heterocycles. The molecule has 0 radical (unpaired) electrons. The molecule has 2 aromatic rings. The number of benzene rings is 2. The highest BCUT2D eigenvalue weighted by Gasteiger charge is 2.37. The summed E-state index contributed by atoms with van der Waals surface area (Å²) in [7, 11) is 0. The highest BCUT2D eigenvalue weighted by atomic mass is 79.9. The standard InChI is InChI=1S/C16H14BrF2NO2/c17-13-6-8-14(9-7-13)20-15(21)22-16(10-18,11-19)12-4-2-1-3-5-12/h1-9H,10-11H2,(H,20,21). The van der Waals surface area contributed by atoms with Crippen LogP contribution in [0, 0.1) is 0 Å². The summed E-state index contributed by atoms with van der Waals surface area (Å²) in [5, 5.41) is 2.45. The Hall–Kier alpha value is -1.95. The van der Waals surface area contributed by atoms with Gasteiger partial charge in [0.15, 0.2) is 5.60 Å². The van der Waals surface area contributed by atoms with E-state index < -0.39 is 25.0 Å². The van der Waals surface area contributed by atoms with Crippen LogP contribution in [0.4, 0.5) is 19.3 Å². The molecule has 0 unspecified atom stereocenters. The summed E-state index contributed by atoms with van der Waals surface area (Å²) in [4.78, 5) is 11.9. The molecule has 0 heterocycles. The van der Waals surface area contributed by atoms with Crippen LogP contribution in [0.5, 0.6) is 0 Å². The van der Waals surface area contributed by atoms with Gasteiger partial charge in [-0.2, -0.15) is 0 Å². The van der Waals surface area contributed by atoms with E-state index in [1.54, 1.807) is 42.5 Å². The van der Waals surface area contributed by atoms with Gasteiger partial charge < -0.3 is 4.74 Å². The molecule has 0 spiro atoms. The second-order valence-electron chi connectivity index (χ2n) is 4.65. The summed E-state index contributed by atoms with van der Waals surface area (Å²) >= 11 is 3.27. The third kappa shape index (κ3) is 3.82. The number of hydrogen-bond donors (Lipinski definition) is 1. The summed E-state index contributed by atoms with van der Waals surface area (Å²) in [5.41, 5.74) is -1.19. The van der Waals surface area contributed by atoms with E-state index in [0.717, 1.165) is 4.47 Å². The van der Waals surface area contributed by atoms with Gasteiger partial charge in [0.05, 0.1) is 0 Å². The van der Waals surface area contributed by atoms with Crippen molar-refractivity contribution in [1.82, 2.24) is 0 Å². The first-order valence-electron chi connectivity index (χ1n) is 6.53. The predicted octanol–water partition coefficient (Wildman–Crippen LogP) is 4.83. The van der Waals surface area contributed by atoms with E-state index in [1.165, 1.54) is 12.1 Å². The molecule has 0 aliphatic rings. The number of hydrogen-bond acceptors (Lipinski definition) is 2. The Labute approximate surface area is 135 Å². The first-order chi connectivity index (χ1) is 10.6. The van der Waals surface area contributed by atoms with Crippen molar-refractivity contribution in [3.8, 4) is 0 Å². The average molecular weight is 370 g/mol. The van der Waals surface area contributed by atoms with Crippen molar-refractivity contribution >= 4 is 27.7 Å². The fourth-order valence-corrected chi connectivity index (χ4v) is 2.16. The van der Waals surface area contributed by atoms with Gasteiger partial charge in [-0.1, -0.05) is 46.3 Å². The molecule has 1 N–H and O–H groups in total. The van der Waals surface area contributed by atoms with Crippen LogP contribution in [0.3, 0.4) is 0 Å². The lowest BCUT2D eigenvalue weighted by Gasteiger charge is -2.28. The quantitative estimate of drug-likeness (QED) is 0.819. The van der Waals surface area contributed by atoms with Crippen LogP contribution in [0.1, 0.15) is 5.56 Å². The van der Waals surface area contributed by atoms with Crippen molar-refractivity contribution in [3.05, 3.63) is 64.6 Å². The maximum atomic E-state index is 13.4. The van der Waals surface area contributed by atoms with Crippen molar-refractivity contribution in [2.24, 2.45) is 0 Å². The zero-order chi connectivity index (χ0) is 16.0. The number of halogens is 3. The lowest BCUT2D eigenvalue weighted by atomic mass is 9.96. The van der Waals surface area contributed by atoms with Gasteiger partial charge >= 0.3 is 6.09 Å². The molecule has 116 valence electrons. The molecule has 0 bridgehead atoms. The van der Waals surface area contributed by atoms with Crippen LogP contribution >= 0.6 is 15.9 Å². The summed E-state index contributed by atoms with van der Waals surface area (Å²) in [6.07, 6.45) is -0.915. The SMILES string of the molecule is O=C(Nc1ccc(Br)cc1)OC(CF)(CF)c1ccccc1. The second-order valence-corrected chi connectivity index (χ2v) is 5.56. The Kier molecular flexibility index (Phi) is 5.49. The highest BCUT2D eigenvalue weighted by Crippen LogP contribution is 2.28. The van der Waals surface area contributed by atoms with E-state index in [4.69, 9.17) is 4.74 Å². The summed E-state index contributed by atoms with van der Waals surface area (Å²) < 4.78 is 32.7. The lowest BCUT2D eigenvalue weighted by molar-refractivity contribution is -0.0224. The second kappa shape index (κ2) is 7.35. The Bertz CT molecular complexity index is 616. The monoisotopic (exact) mass is 369 g/mol. The minimum absolute atomic E-state index is 0.269. The van der Waals surface area contributed by atoms with E-state index in [1.807, 2.05) is 0 Å². The molecule has 22 heavy (non-hydrogen) atoms. The van der Waals surface area contributed by atoms with E-state index in [9.17, 15) is 13.6 Å². The minimum Gasteiger partial charge on any atom is -0.432 e. The Morgan fingerprint density at radius 1 is 1.05 bits per heavy atom. The van der Waals surface area contributed by atoms with E-state index in [2.05, 4.69) is 21.2 Å². The number of nitrogens with one attached hydrogen (secondary N) is 1. The van der Waals surface area contributed by atoms with Crippen LogP contribution < -0.4 is 5.32 Å². The number of amides is 1. The van der Waals surface area contributed by atoms with Crippen LogP contribution in [-0.4, -0.2) is 19.4 Å². The van der Waals surface area contributed by atoms with Crippen LogP contribution in [0.2, 0.25) is 0 Å². The van der Waals surface area contributed by atoms with Gasteiger partial charge in [-0.05, 0) is 24.3 Å². The van der Waals surface area contributed by atoms with Crippen LogP contribution in [0.25, 0.3) is 0 Å². The van der Waals surface area contributed by atoms with Crippen molar-refractivity contribution in [3.63, 3.8) is 0 Å². The minimum atomic E-state index is -1.93. The molecule has 0 aliphatic carbocycles. The number of ether oxygens (including phenoxy) is 1. The Morgan fingerprint density at radius 2 is 1.64 bits per heavy atom. The number of anilines is 1. The molecular formula is C16H14BrF2NO2. The third-order valence-corrected chi connectivity index (χ3v) is 3.64. The maximum absolute atomic E-state index is 13.4. The van der Waals surface area contributed by atoms with Gasteiger partial charge in [0.1, 0.15) is 13.3 Å². The van der Waals surface area contributed by atoms with E-state index in [0.29, 0.717) is 5.69 Å². The first kappa shape index (κ1) is 16.4. The number of carbonyl (C=O) groups is 1. The largest absolute Gasteiger partial charge is 0.432 e. The maximum Gasteiger partial charge on any atom is 0.412 e. The Morgan fingerprint density at radius 3 is 2.18 bits per heavy atom. The molecule has 6 heteroatoms. The predicted molar refractivity (Wildman–Crippen MR) is 84.3 cm³/mol. The number of rotatable bonds is 5. The number of carbonyl (C=O) groups excluding carboxylic acids is 1. The molecule has 0 aromatic heterocycles. The molecule has 1 amide bonds. The van der Waals surface area contributed by atoms with Gasteiger partial charge in [0.2, 0.25) is 0 Å². The molecule has 0 atom stereocenters. The molecule has 0 saturated heterocycles. The Balaban J connectivity index is 2.14. The van der Waals surface area contributed by atoms with Crippen molar-refractivity contribution < 1.29 is 18.3 Å². The molecule has 0 fully saturated rings. The third-order valence-electron chi connectivity index (χ3n) is 3.11. The van der Waals surface area contributed by atoms with Gasteiger partial charge in [0, 0.05) is 15.7 Å². The summed E-state index contributed by atoms with van der Waals surface area (Å²) in [5.74, 6) is 0. The fraction of sp³-hybridized carbons (Fsp3) is 0.188.